The minimum Gasteiger partial charge on any atom is -0.388 e. The predicted octanol–water partition coefficient (Wildman–Crippen LogP) is 3.61. The van der Waals surface area contributed by atoms with E-state index in [0.29, 0.717) is 0 Å². The van der Waals surface area contributed by atoms with Gasteiger partial charge in [-0.05, 0) is 36.1 Å². The normalized spacial score (nSPS) is 13.6. The summed E-state index contributed by atoms with van der Waals surface area (Å²) in [5.74, 6) is -1.41. The molecule has 12 nitrogen and oxygen atoms in total. The Morgan fingerprint density at radius 3 is 1.30 bits per heavy atom. The van der Waals surface area contributed by atoms with Crippen LogP contribution in [0, 0.1) is 20.2 Å². The van der Waals surface area contributed by atoms with Crippen molar-refractivity contribution in [3.8, 4) is 0 Å². The largest absolute Gasteiger partial charge is 0.388 e. The topological polar surface area (TPSA) is 185 Å². The molecule has 44 heavy (non-hydrogen) atoms. The van der Waals surface area contributed by atoms with Crippen LogP contribution in [0.2, 0.25) is 0 Å². The Morgan fingerprint density at radius 1 is 0.591 bits per heavy atom. The van der Waals surface area contributed by atoms with Crippen molar-refractivity contribution in [1.29, 1.82) is 0 Å². The van der Waals surface area contributed by atoms with Gasteiger partial charge in [-0.1, -0.05) is 72.8 Å². The van der Waals surface area contributed by atoms with Gasteiger partial charge in [0.25, 0.3) is 23.2 Å². The average Bonchev–Trinajstić information content (AvgIpc) is 3.04. The first kappa shape index (κ1) is 31.5. The molecular weight excluding hydrogens is 568 g/mol. The lowest BCUT2D eigenvalue weighted by Crippen LogP contribution is -2.57. The summed E-state index contributed by atoms with van der Waals surface area (Å²) < 4.78 is 0. The highest BCUT2D eigenvalue weighted by Gasteiger charge is 2.35. The summed E-state index contributed by atoms with van der Waals surface area (Å²) in [7, 11) is 0. The van der Waals surface area contributed by atoms with Crippen molar-refractivity contribution in [2.45, 2.75) is 37.1 Å². The molecule has 4 atom stereocenters. The fourth-order valence-electron chi connectivity index (χ4n) is 4.75. The van der Waals surface area contributed by atoms with Crippen molar-refractivity contribution in [3.63, 3.8) is 0 Å². The number of rotatable bonds is 13. The van der Waals surface area contributed by atoms with Gasteiger partial charge in [-0.25, -0.2) is 0 Å². The van der Waals surface area contributed by atoms with Crippen molar-refractivity contribution in [2.75, 3.05) is 0 Å². The van der Waals surface area contributed by atoms with Crippen LogP contribution >= 0.6 is 0 Å². The average molecular weight is 599 g/mol. The van der Waals surface area contributed by atoms with Crippen molar-refractivity contribution in [3.05, 3.63) is 152 Å². The van der Waals surface area contributed by atoms with E-state index in [-0.39, 0.29) is 35.3 Å². The maximum absolute atomic E-state index is 13.2. The molecule has 0 spiro atoms. The van der Waals surface area contributed by atoms with Gasteiger partial charge >= 0.3 is 0 Å². The molecule has 0 aliphatic carbocycles. The number of hydrogen-bond donors (Lipinski definition) is 4. The third-order valence-corrected chi connectivity index (χ3v) is 7.04. The minimum atomic E-state index is -1.63. The zero-order chi connectivity index (χ0) is 31.6. The van der Waals surface area contributed by atoms with Gasteiger partial charge in [0.2, 0.25) is 0 Å². The quantitative estimate of drug-likeness (QED) is 0.133. The Morgan fingerprint density at radius 2 is 0.955 bits per heavy atom. The summed E-state index contributed by atoms with van der Waals surface area (Å²) in [6.07, 6.45) is -3.10. The van der Waals surface area contributed by atoms with E-state index in [4.69, 9.17) is 0 Å². The summed E-state index contributed by atoms with van der Waals surface area (Å²) in [5.41, 5.74) is 0.846. The molecule has 2 amide bonds. The maximum Gasteiger partial charge on any atom is 0.270 e. The molecule has 0 aliphatic heterocycles. The zero-order valence-corrected chi connectivity index (χ0v) is 23.4. The smallest absolute Gasteiger partial charge is 0.270 e. The van der Waals surface area contributed by atoms with E-state index in [1.165, 1.54) is 36.4 Å². The van der Waals surface area contributed by atoms with Crippen molar-refractivity contribution in [2.24, 2.45) is 0 Å². The highest BCUT2D eigenvalue weighted by Crippen LogP contribution is 2.19. The molecule has 0 radical (unpaired) electrons. The van der Waals surface area contributed by atoms with E-state index < -0.39 is 46.0 Å². The summed E-state index contributed by atoms with van der Waals surface area (Å²) in [4.78, 5) is 47.6. The number of aliphatic hydroxyl groups excluding tert-OH is 2. The van der Waals surface area contributed by atoms with Crippen molar-refractivity contribution < 1.29 is 29.6 Å². The second-order valence-corrected chi connectivity index (χ2v) is 10.1. The van der Waals surface area contributed by atoms with Gasteiger partial charge in [0, 0.05) is 35.4 Å². The summed E-state index contributed by atoms with van der Waals surface area (Å²) in [5, 5.41) is 50.9. The van der Waals surface area contributed by atoms with Gasteiger partial charge in [0.1, 0.15) is 12.2 Å². The zero-order valence-electron chi connectivity index (χ0n) is 23.4. The number of nitro benzene ring substituents is 2. The molecule has 4 unspecified atom stereocenters. The SMILES string of the molecule is O=C(NC(Cc1ccccc1)C(O)C(O)C(Cc1ccccc1)NC(=O)c1cccc([N+](=O)[O-])c1)c1cccc([N+](=O)[O-])c1. The number of nitrogens with one attached hydrogen (secondary N) is 2. The van der Waals surface area contributed by atoms with Crippen LogP contribution in [-0.4, -0.2) is 56.2 Å². The van der Waals surface area contributed by atoms with Crippen LogP contribution < -0.4 is 10.6 Å². The first-order valence-corrected chi connectivity index (χ1v) is 13.7. The Kier molecular flexibility index (Phi) is 10.5. The van der Waals surface area contributed by atoms with E-state index in [9.17, 15) is 40.0 Å². The first-order valence-electron chi connectivity index (χ1n) is 13.7. The molecule has 0 bridgehead atoms. The van der Waals surface area contributed by atoms with Crippen LogP contribution in [0.3, 0.4) is 0 Å². The number of aliphatic hydroxyl groups is 2. The maximum atomic E-state index is 13.2. The summed E-state index contributed by atoms with van der Waals surface area (Å²) >= 11 is 0. The Bertz CT molecular complexity index is 1500. The highest BCUT2D eigenvalue weighted by atomic mass is 16.6. The molecule has 226 valence electrons. The minimum absolute atomic E-state index is 0.0150. The van der Waals surface area contributed by atoms with Crippen LogP contribution in [0.1, 0.15) is 31.8 Å². The number of amides is 2. The van der Waals surface area contributed by atoms with Gasteiger partial charge in [-0.2, -0.15) is 0 Å². The monoisotopic (exact) mass is 598 g/mol. The van der Waals surface area contributed by atoms with Crippen molar-refractivity contribution >= 4 is 23.2 Å². The van der Waals surface area contributed by atoms with Crippen LogP contribution in [0.15, 0.2) is 109 Å². The fourth-order valence-corrected chi connectivity index (χ4v) is 4.75. The number of non-ortho nitro benzene ring substituents is 2. The van der Waals surface area contributed by atoms with Crippen LogP contribution in [-0.2, 0) is 12.8 Å². The predicted molar refractivity (Wildman–Crippen MR) is 161 cm³/mol. The van der Waals surface area contributed by atoms with E-state index in [1.807, 2.05) is 0 Å². The third kappa shape index (κ3) is 8.31. The molecule has 0 aromatic heterocycles. The van der Waals surface area contributed by atoms with Crippen LogP contribution in [0.4, 0.5) is 11.4 Å². The number of nitrogens with zero attached hydrogens (tertiary/aromatic N) is 2. The van der Waals surface area contributed by atoms with Gasteiger partial charge in [0.15, 0.2) is 0 Å². The molecular formula is C32H30N4O8. The van der Waals surface area contributed by atoms with Gasteiger partial charge < -0.3 is 20.8 Å². The van der Waals surface area contributed by atoms with E-state index in [2.05, 4.69) is 10.6 Å². The Hall–Kier alpha value is -5.46. The molecule has 0 fully saturated rings. The number of nitro groups is 2. The third-order valence-electron chi connectivity index (χ3n) is 7.04. The lowest BCUT2D eigenvalue weighted by molar-refractivity contribution is -0.385. The molecule has 4 rings (SSSR count). The Balaban J connectivity index is 1.63. The van der Waals surface area contributed by atoms with Gasteiger partial charge in [-0.15, -0.1) is 0 Å². The number of carbonyl (C=O) groups is 2. The standard InChI is InChI=1S/C32H30N4O8/c37-29(27(17-21-9-3-1-4-10-21)33-31(39)23-13-7-15-25(19-23)35(41)42)30(38)28(18-22-11-5-2-6-12-22)34-32(40)24-14-8-16-26(20-24)36(43)44/h1-16,19-20,27-30,37-38H,17-18H2,(H,33,39)(H,34,40). The van der Waals surface area contributed by atoms with Gasteiger partial charge in [0.05, 0.1) is 21.9 Å². The molecule has 4 N–H and O–H groups in total. The molecule has 0 saturated heterocycles. The molecule has 4 aromatic rings. The molecule has 0 saturated carbocycles. The second-order valence-electron chi connectivity index (χ2n) is 10.1. The molecule has 0 aliphatic rings. The summed E-state index contributed by atoms with van der Waals surface area (Å²) in [6, 6.07) is 25.8. The number of carbonyl (C=O) groups excluding carboxylic acids is 2. The van der Waals surface area contributed by atoms with E-state index in [0.717, 1.165) is 23.3 Å². The second kappa shape index (κ2) is 14.6. The van der Waals surface area contributed by atoms with Crippen molar-refractivity contribution in [1.82, 2.24) is 10.6 Å². The van der Waals surface area contributed by atoms with E-state index in [1.54, 1.807) is 60.7 Å². The van der Waals surface area contributed by atoms with Gasteiger partial charge in [-0.3, -0.25) is 29.8 Å². The first-order chi connectivity index (χ1) is 21.1. The fraction of sp³-hybridized carbons (Fsp3) is 0.188. The van der Waals surface area contributed by atoms with E-state index >= 15 is 0 Å². The van der Waals surface area contributed by atoms with Crippen LogP contribution in [0.5, 0.6) is 0 Å². The Labute approximate surface area is 252 Å². The molecule has 12 heteroatoms. The summed E-state index contributed by atoms with van der Waals surface area (Å²) in [6.45, 7) is 0. The number of benzene rings is 4. The lowest BCUT2D eigenvalue weighted by atomic mass is 9.90. The molecule has 4 aromatic carbocycles. The lowest BCUT2D eigenvalue weighted by Gasteiger charge is -2.33. The molecule has 0 heterocycles. The van der Waals surface area contributed by atoms with Crippen LogP contribution in [0.25, 0.3) is 0 Å². The highest BCUT2D eigenvalue weighted by molar-refractivity contribution is 5.95. The number of hydrogen-bond acceptors (Lipinski definition) is 8.